The predicted octanol–water partition coefficient (Wildman–Crippen LogP) is 5.03. The average molecular weight is 320 g/mol. The Balaban J connectivity index is 2.01. The summed E-state index contributed by atoms with van der Waals surface area (Å²) in [7, 11) is 0. The van der Waals surface area contributed by atoms with Gasteiger partial charge in [-0.05, 0) is 19.1 Å². The number of aryl methyl sites for hydroxylation is 1. The molecule has 2 aromatic heterocycles. The summed E-state index contributed by atoms with van der Waals surface area (Å²) in [5, 5.41) is 0.719. The minimum absolute atomic E-state index is 0.719. The van der Waals surface area contributed by atoms with Crippen molar-refractivity contribution in [2.24, 2.45) is 0 Å². The first-order valence-electron chi connectivity index (χ1n) is 7.37. The first kappa shape index (κ1) is 14.0. The zero-order chi connectivity index (χ0) is 15.8. The molecule has 2 heterocycles. The summed E-state index contributed by atoms with van der Waals surface area (Å²) in [6, 6.07) is 16.2. The normalized spacial score (nSPS) is 11.0. The van der Waals surface area contributed by atoms with E-state index in [1.165, 1.54) is 5.56 Å². The highest BCUT2D eigenvalue weighted by Gasteiger charge is 2.15. The number of hydrogen-bond donors (Lipinski definition) is 0. The number of fused-ring (bicyclic) bond motifs is 1. The summed E-state index contributed by atoms with van der Waals surface area (Å²) in [5.41, 5.74) is 6.21. The first-order valence-corrected chi connectivity index (χ1v) is 7.75. The molecule has 0 amide bonds. The van der Waals surface area contributed by atoms with Gasteiger partial charge in [-0.25, -0.2) is 4.98 Å². The molecule has 0 radical (unpaired) electrons. The van der Waals surface area contributed by atoms with E-state index in [-0.39, 0.29) is 0 Å². The van der Waals surface area contributed by atoms with Gasteiger partial charge < -0.3 is 0 Å². The van der Waals surface area contributed by atoms with E-state index in [9.17, 15) is 0 Å². The molecular formula is C19H14ClN3. The van der Waals surface area contributed by atoms with Gasteiger partial charge in [0.05, 0.1) is 17.6 Å². The van der Waals surface area contributed by atoms with Gasteiger partial charge in [-0.1, -0.05) is 53.6 Å². The van der Waals surface area contributed by atoms with Crippen molar-refractivity contribution in [1.82, 2.24) is 14.4 Å². The molecule has 23 heavy (non-hydrogen) atoms. The average Bonchev–Trinajstić information content (AvgIpc) is 2.96. The van der Waals surface area contributed by atoms with Crippen molar-refractivity contribution in [2.45, 2.75) is 6.92 Å². The third kappa shape index (κ3) is 2.49. The van der Waals surface area contributed by atoms with Gasteiger partial charge in [0.15, 0.2) is 5.65 Å². The summed E-state index contributed by atoms with van der Waals surface area (Å²) in [6.07, 6.45) is 5.49. The molecule has 0 spiro atoms. The van der Waals surface area contributed by atoms with E-state index < -0.39 is 0 Å². The molecular weight excluding hydrogens is 306 g/mol. The monoisotopic (exact) mass is 319 g/mol. The van der Waals surface area contributed by atoms with Gasteiger partial charge in [0, 0.05) is 28.5 Å². The van der Waals surface area contributed by atoms with Crippen molar-refractivity contribution in [1.29, 1.82) is 0 Å². The summed E-state index contributed by atoms with van der Waals surface area (Å²) < 4.78 is 2.07. The standard InChI is InChI=1S/C19H14ClN3/c1-13-2-4-15(5-3-13)19-18(14-6-8-16(20)9-7-14)22-17-12-21-10-11-23(17)19/h2-12H,1H3. The van der Waals surface area contributed by atoms with Gasteiger partial charge in [-0.15, -0.1) is 0 Å². The largest absolute Gasteiger partial charge is 0.296 e. The van der Waals surface area contributed by atoms with Gasteiger partial charge in [-0.2, -0.15) is 0 Å². The quantitative estimate of drug-likeness (QED) is 0.519. The van der Waals surface area contributed by atoms with Crippen LogP contribution in [0.25, 0.3) is 28.2 Å². The third-order valence-electron chi connectivity index (χ3n) is 3.87. The Morgan fingerprint density at radius 2 is 1.61 bits per heavy atom. The van der Waals surface area contributed by atoms with E-state index in [1.54, 1.807) is 12.4 Å². The molecule has 0 saturated carbocycles. The van der Waals surface area contributed by atoms with E-state index in [0.717, 1.165) is 33.2 Å². The maximum absolute atomic E-state index is 6.02. The number of aromatic nitrogens is 3. The SMILES string of the molecule is Cc1ccc(-c2c(-c3ccc(Cl)cc3)nc3cnccn23)cc1. The van der Waals surface area contributed by atoms with Gasteiger partial charge in [0.1, 0.15) is 0 Å². The molecule has 0 aliphatic heterocycles. The topological polar surface area (TPSA) is 30.2 Å². The van der Waals surface area contributed by atoms with Crippen LogP contribution in [0.15, 0.2) is 67.1 Å². The van der Waals surface area contributed by atoms with Crippen molar-refractivity contribution < 1.29 is 0 Å². The minimum atomic E-state index is 0.719. The Morgan fingerprint density at radius 3 is 2.35 bits per heavy atom. The van der Waals surface area contributed by atoms with Crippen LogP contribution in [-0.4, -0.2) is 14.4 Å². The number of hydrogen-bond acceptors (Lipinski definition) is 2. The maximum atomic E-state index is 6.02. The molecule has 3 nitrogen and oxygen atoms in total. The predicted molar refractivity (Wildman–Crippen MR) is 93.6 cm³/mol. The van der Waals surface area contributed by atoms with Crippen LogP contribution < -0.4 is 0 Å². The molecule has 0 bridgehead atoms. The summed E-state index contributed by atoms with van der Waals surface area (Å²) in [6.45, 7) is 2.09. The van der Waals surface area contributed by atoms with Crippen molar-refractivity contribution in [3.05, 3.63) is 77.7 Å². The van der Waals surface area contributed by atoms with E-state index in [1.807, 2.05) is 30.5 Å². The Kier molecular flexibility index (Phi) is 3.36. The van der Waals surface area contributed by atoms with E-state index in [2.05, 4.69) is 40.6 Å². The van der Waals surface area contributed by atoms with E-state index in [4.69, 9.17) is 16.6 Å². The third-order valence-corrected chi connectivity index (χ3v) is 4.12. The molecule has 0 N–H and O–H groups in total. The van der Waals surface area contributed by atoms with Gasteiger partial charge in [0.25, 0.3) is 0 Å². The highest BCUT2D eigenvalue weighted by molar-refractivity contribution is 6.30. The molecule has 0 aliphatic carbocycles. The fraction of sp³-hybridized carbons (Fsp3) is 0.0526. The van der Waals surface area contributed by atoms with Crippen molar-refractivity contribution >= 4 is 17.2 Å². The fourth-order valence-corrected chi connectivity index (χ4v) is 2.83. The smallest absolute Gasteiger partial charge is 0.156 e. The minimum Gasteiger partial charge on any atom is -0.296 e. The van der Waals surface area contributed by atoms with Crippen molar-refractivity contribution in [3.63, 3.8) is 0 Å². The number of imidazole rings is 1. The van der Waals surface area contributed by atoms with Gasteiger partial charge >= 0.3 is 0 Å². The number of halogens is 1. The summed E-state index contributed by atoms with van der Waals surface area (Å²) in [4.78, 5) is 8.95. The summed E-state index contributed by atoms with van der Waals surface area (Å²) >= 11 is 6.02. The molecule has 0 unspecified atom stereocenters. The lowest BCUT2D eigenvalue weighted by atomic mass is 10.0. The second-order valence-electron chi connectivity index (χ2n) is 5.49. The molecule has 0 fully saturated rings. The Labute approximate surface area is 139 Å². The zero-order valence-electron chi connectivity index (χ0n) is 12.6. The molecule has 112 valence electrons. The Hall–Kier alpha value is -2.65. The van der Waals surface area contributed by atoms with Crippen molar-refractivity contribution in [3.8, 4) is 22.5 Å². The second kappa shape index (κ2) is 5.52. The fourth-order valence-electron chi connectivity index (χ4n) is 2.70. The lowest BCUT2D eigenvalue weighted by Gasteiger charge is -2.06. The number of benzene rings is 2. The van der Waals surface area contributed by atoms with Gasteiger partial charge in [0.2, 0.25) is 0 Å². The maximum Gasteiger partial charge on any atom is 0.156 e. The van der Waals surface area contributed by atoms with Crippen molar-refractivity contribution in [2.75, 3.05) is 0 Å². The molecule has 2 aromatic carbocycles. The van der Waals surface area contributed by atoms with Crippen LogP contribution in [-0.2, 0) is 0 Å². The highest BCUT2D eigenvalue weighted by Crippen LogP contribution is 2.33. The van der Waals surface area contributed by atoms with Crippen LogP contribution in [0.2, 0.25) is 5.02 Å². The van der Waals surface area contributed by atoms with E-state index in [0.29, 0.717) is 0 Å². The summed E-state index contributed by atoms with van der Waals surface area (Å²) in [5.74, 6) is 0. The molecule has 0 saturated heterocycles. The Bertz CT molecular complexity index is 970. The molecule has 4 rings (SSSR count). The zero-order valence-corrected chi connectivity index (χ0v) is 13.3. The molecule has 0 aliphatic rings. The molecule has 4 heteroatoms. The first-order chi connectivity index (χ1) is 11.2. The second-order valence-corrected chi connectivity index (χ2v) is 5.92. The van der Waals surface area contributed by atoms with E-state index >= 15 is 0 Å². The van der Waals surface area contributed by atoms with Crippen LogP contribution in [0.5, 0.6) is 0 Å². The lowest BCUT2D eigenvalue weighted by molar-refractivity contribution is 1.13. The lowest BCUT2D eigenvalue weighted by Crippen LogP contribution is -1.90. The number of rotatable bonds is 2. The van der Waals surface area contributed by atoms with Crippen LogP contribution in [0.3, 0.4) is 0 Å². The van der Waals surface area contributed by atoms with Crippen LogP contribution in [0.1, 0.15) is 5.56 Å². The Morgan fingerprint density at radius 1 is 0.913 bits per heavy atom. The molecule has 4 aromatic rings. The van der Waals surface area contributed by atoms with Crippen LogP contribution in [0, 0.1) is 6.92 Å². The van der Waals surface area contributed by atoms with Crippen LogP contribution >= 0.6 is 11.6 Å². The molecule has 0 atom stereocenters. The van der Waals surface area contributed by atoms with Gasteiger partial charge in [-0.3, -0.25) is 9.38 Å². The number of nitrogens with zero attached hydrogens (tertiary/aromatic N) is 3. The highest BCUT2D eigenvalue weighted by atomic mass is 35.5. The van der Waals surface area contributed by atoms with Crippen LogP contribution in [0.4, 0.5) is 0 Å².